The summed E-state index contributed by atoms with van der Waals surface area (Å²) in [6, 6.07) is 0. The summed E-state index contributed by atoms with van der Waals surface area (Å²) in [6.45, 7) is 11.9. The molecule has 0 unspecified atom stereocenters. The van der Waals surface area contributed by atoms with Crippen molar-refractivity contribution < 1.29 is 0 Å². The van der Waals surface area contributed by atoms with Crippen LogP contribution in [0.15, 0.2) is 35.7 Å². The normalized spacial score (nSPS) is 15.5. The van der Waals surface area contributed by atoms with Gasteiger partial charge in [0.1, 0.15) is 0 Å². The average molecular weight is 151 g/mol. The Morgan fingerprint density at radius 2 is 1.73 bits per heavy atom. The first-order chi connectivity index (χ1) is 5.20. The van der Waals surface area contributed by atoms with Crippen molar-refractivity contribution >= 4 is 0 Å². The van der Waals surface area contributed by atoms with Crippen molar-refractivity contribution in [2.75, 3.05) is 0 Å². The number of rotatable bonds is 0. The lowest BCUT2D eigenvalue weighted by molar-refractivity contribution is 0.964. The van der Waals surface area contributed by atoms with Gasteiger partial charge in [0.25, 0.3) is 0 Å². The predicted molar refractivity (Wildman–Crippen MR) is 51.1 cm³/mol. The van der Waals surface area contributed by atoms with Crippen molar-refractivity contribution in [3.63, 3.8) is 0 Å². The fourth-order valence-corrected chi connectivity index (χ4v) is 0.729. The number of hydrogen-bond donors (Lipinski definition) is 1. The van der Waals surface area contributed by atoms with Crippen LogP contribution in [0.4, 0.5) is 0 Å². The molecule has 0 aromatic heterocycles. The Morgan fingerprint density at radius 3 is 2.09 bits per heavy atom. The Bertz CT molecular complexity index is 197. The zero-order chi connectivity index (χ0) is 8.85. The molecule has 0 radical (unpaired) electrons. The summed E-state index contributed by atoms with van der Waals surface area (Å²) in [6.07, 6.45) is 4.11. The number of allylic oxidation sites excluding steroid dienone is 4. The molecule has 0 spiro atoms. The monoisotopic (exact) mass is 151 g/mol. The van der Waals surface area contributed by atoms with Crippen molar-refractivity contribution in [3.8, 4) is 0 Å². The van der Waals surface area contributed by atoms with Gasteiger partial charge in [-0.3, -0.25) is 0 Å². The zero-order valence-electron chi connectivity index (χ0n) is 7.86. The highest BCUT2D eigenvalue weighted by Crippen LogP contribution is 2.10. The fourth-order valence-electron chi connectivity index (χ4n) is 0.729. The van der Waals surface area contributed by atoms with Crippen LogP contribution in [0.2, 0.25) is 0 Å². The molecule has 1 N–H and O–H groups in total. The van der Waals surface area contributed by atoms with Crippen molar-refractivity contribution in [3.05, 3.63) is 35.7 Å². The van der Waals surface area contributed by atoms with E-state index in [1.165, 1.54) is 5.57 Å². The van der Waals surface area contributed by atoms with Gasteiger partial charge in [0.05, 0.1) is 0 Å². The molecule has 0 fully saturated rings. The van der Waals surface area contributed by atoms with Crippen LogP contribution in [0.3, 0.4) is 0 Å². The second-order valence-corrected chi connectivity index (χ2v) is 2.30. The maximum atomic E-state index is 3.83. The largest absolute Gasteiger partial charge is 0.359 e. The number of nitrogens with one attached hydrogen (secondary N) is 1. The van der Waals surface area contributed by atoms with E-state index in [0.717, 1.165) is 11.4 Å². The highest BCUT2D eigenvalue weighted by atomic mass is 14.9. The van der Waals surface area contributed by atoms with E-state index in [0.29, 0.717) is 0 Å². The van der Waals surface area contributed by atoms with Gasteiger partial charge in [0.15, 0.2) is 0 Å². The second-order valence-electron chi connectivity index (χ2n) is 2.30. The summed E-state index contributed by atoms with van der Waals surface area (Å²) in [4.78, 5) is 0. The Labute approximate surface area is 69.5 Å². The highest BCUT2D eigenvalue weighted by Gasteiger charge is 1.99. The van der Waals surface area contributed by atoms with Gasteiger partial charge in [-0.05, 0) is 25.5 Å². The van der Waals surface area contributed by atoms with E-state index in [-0.39, 0.29) is 0 Å². The van der Waals surface area contributed by atoms with Crippen LogP contribution in [0, 0.1) is 0 Å². The van der Waals surface area contributed by atoms with Gasteiger partial charge in [0.2, 0.25) is 0 Å². The van der Waals surface area contributed by atoms with Gasteiger partial charge in [-0.2, -0.15) is 0 Å². The first-order valence-corrected chi connectivity index (χ1v) is 4.01. The molecule has 0 saturated heterocycles. The SMILES string of the molecule is C=C1NC(C)=CC=C1C.CC. The first-order valence-electron chi connectivity index (χ1n) is 4.01. The Hall–Kier alpha value is -0.980. The smallest absolute Gasteiger partial charge is 0.0338 e. The third-order valence-corrected chi connectivity index (χ3v) is 1.41. The lowest BCUT2D eigenvalue weighted by atomic mass is 10.1. The van der Waals surface area contributed by atoms with Gasteiger partial charge in [-0.1, -0.05) is 26.5 Å². The molecule has 0 aromatic rings. The molecule has 0 amide bonds. The Balaban J connectivity index is 0.000000461. The molecule has 62 valence electrons. The van der Waals surface area contributed by atoms with E-state index in [1.807, 2.05) is 33.8 Å². The zero-order valence-corrected chi connectivity index (χ0v) is 7.86. The van der Waals surface area contributed by atoms with E-state index >= 15 is 0 Å². The fraction of sp³-hybridized carbons (Fsp3) is 0.400. The molecule has 0 saturated carbocycles. The Morgan fingerprint density at radius 1 is 1.18 bits per heavy atom. The topological polar surface area (TPSA) is 12.0 Å². The molecule has 0 aromatic carbocycles. The van der Waals surface area contributed by atoms with Crippen molar-refractivity contribution in [1.82, 2.24) is 5.32 Å². The molecule has 1 heteroatoms. The van der Waals surface area contributed by atoms with Crippen LogP contribution >= 0.6 is 0 Å². The third-order valence-electron chi connectivity index (χ3n) is 1.41. The molecule has 1 rings (SSSR count). The molecule has 1 aliphatic rings. The number of hydrogen-bond acceptors (Lipinski definition) is 1. The van der Waals surface area contributed by atoms with E-state index in [4.69, 9.17) is 0 Å². The molecular weight excluding hydrogens is 134 g/mol. The van der Waals surface area contributed by atoms with Crippen LogP contribution in [-0.4, -0.2) is 0 Å². The van der Waals surface area contributed by atoms with Crippen LogP contribution in [0.1, 0.15) is 27.7 Å². The summed E-state index contributed by atoms with van der Waals surface area (Å²) in [5, 5.41) is 3.13. The van der Waals surface area contributed by atoms with E-state index in [1.54, 1.807) is 0 Å². The minimum atomic E-state index is 1.01. The van der Waals surface area contributed by atoms with Crippen molar-refractivity contribution in [1.29, 1.82) is 0 Å². The highest BCUT2D eigenvalue weighted by molar-refractivity contribution is 5.36. The maximum Gasteiger partial charge on any atom is 0.0338 e. The van der Waals surface area contributed by atoms with Crippen molar-refractivity contribution in [2.45, 2.75) is 27.7 Å². The van der Waals surface area contributed by atoms with Gasteiger partial charge >= 0.3 is 0 Å². The van der Waals surface area contributed by atoms with Gasteiger partial charge in [-0.15, -0.1) is 0 Å². The minimum absolute atomic E-state index is 1.01. The standard InChI is InChI=1S/C8H11N.C2H6/c1-6-4-5-7(2)9-8(6)3;1-2/h4-5,9H,3H2,1-2H3;1-2H3. The summed E-state index contributed by atoms with van der Waals surface area (Å²) in [7, 11) is 0. The number of dihydropyridines is 1. The van der Waals surface area contributed by atoms with Gasteiger partial charge in [0, 0.05) is 11.4 Å². The molecule has 0 aliphatic carbocycles. The average Bonchev–Trinajstić information content (AvgIpc) is 2.02. The minimum Gasteiger partial charge on any atom is -0.359 e. The van der Waals surface area contributed by atoms with Gasteiger partial charge in [-0.25, -0.2) is 0 Å². The maximum absolute atomic E-state index is 3.83. The van der Waals surface area contributed by atoms with E-state index in [2.05, 4.69) is 18.0 Å². The molecule has 0 bridgehead atoms. The summed E-state index contributed by atoms with van der Waals surface area (Å²) in [5.41, 5.74) is 3.38. The van der Waals surface area contributed by atoms with Crippen LogP contribution in [-0.2, 0) is 0 Å². The molecule has 1 heterocycles. The lowest BCUT2D eigenvalue weighted by Crippen LogP contribution is -2.12. The molecule has 1 nitrogen and oxygen atoms in total. The lowest BCUT2D eigenvalue weighted by Gasteiger charge is -2.13. The van der Waals surface area contributed by atoms with Crippen LogP contribution < -0.4 is 5.32 Å². The van der Waals surface area contributed by atoms with Gasteiger partial charge < -0.3 is 5.32 Å². The van der Waals surface area contributed by atoms with Crippen molar-refractivity contribution in [2.24, 2.45) is 0 Å². The molecular formula is C10H17N. The molecule has 0 atom stereocenters. The van der Waals surface area contributed by atoms with E-state index < -0.39 is 0 Å². The van der Waals surface area contributed by atoms with Crippen LogP contribution in [0.5, 0.6) is 0 Å². The second kappa shape index (κ2) is 4.78. The summed E-state index contributed by atoms with van der Waals surface area (Å²) in [5.74, 6) is 0. The quantitative estimate of drug-likeness (QED) is 0.561. The Kier molecular flexibility index (Phi) is 4.35. The van der Waals surface area contributed by atoms with Crippen LogP contribution in [0.25, 0.3) is 0 Å². The summed E-state index contributed by atoms with van der Waals surface area (Å²) < 4.78 is 0. The van der Waals surface area contributed by atoms with E-state index in [9.17, 15) is 0 Å². The summed E-state index contributed by atoms with van der Waals surface area (Å²) >= 11 is 0. The third kappa shape index (κ3) is 3.08. The molecule has 11 heavy (non-hydrogen) atoms. The molecule has 1 aliphatic heterocycles. The predicted octanol–water partition coefficient (Wildman–Crippen LogP) is 2.98. The first kappa shape index (κ1) is 10.0.